The van der Waals surface area contributed by atoms with Gasteiger partial charge in [-0.1, -0.05) is 0 Å². The Morgan fingerprint density at radius 3 is 2.71 bits per heavy atom. The van der Waals surface area contributed by atoms with Gasteiger partial charge in [-0.15, -0.1) is 12.4 Å². The number of carbonyl (C=O) groups is 1. The molecule has 1 N–H and O–H groups in total. The molecule has 0 radical (unpaired) electrons. The lowest BCUT2D eigenvalue weighted by molar-refractivity contribution is -0.0349. The van der Waals surface area contributed by atoms with E-state index >= 15 is 0 Å². The molecule has 1 saturated heterocycles. The molecule has 0 bridgehead atoms. The van der Waals surface area contributed by atoms with Gasteiger partial charge in [0.05, 0.1) is 17.5 Å². The largest absolute Gasteiger partial charge is 0.490 e. The van der Waals surface area contributed by atoms with Gasteiger partial charge in [0.25, 0.3) is 5.91 Å². The van der Waals surface area contributed by atoms with Gasteiger partial charge >= 0.3 is 0 Å². The van der Waals surface area contributed by atoms with E-state index in [-0.39, 0.29) is 53.2 Å². The first-order chi connectivity index (χ1) is 19.8. The zero-order valence-corrected chi connectivity index (χ0v) is 25.3. The van der Waals surface area contributed by atoms with Crippen LogP contribution in [-0.4, -0.2) is 64.1 Å². The number of nitrogens with one attached hydrogen (secondary N) is 1. The molecule has 1 saturated carbocycles. The van der Waals surface area contributed by atoms with Gasteiger partial charge in [0.1, 0.15) is 29.7 Å². The van der Waals surface area contributed by atoms with E-state index in [1.165, 1.54) is 30.1 Å². The lowest BCUT2D eigenvalue weighted by atomic mass is 9.61. The summed E-state index contributed by atoms with van der Waals surface area (Å²) in [5.41, 5.74) is 2.68. The van der Waals surface area contributed by atoms with Crippen LogP contribution >= 0.6 is 12.4 Å². The van der Waals surface area contributed by atoms with Crippen LogP contribution in [0.3, 0.4) is 0 Å². The Balaban J connectivity index is 0.00000353. The number of amides is 1. The zero-order valence-electron chi connectivity index (χ0n) is 24.5. The van der Waals surface area contributed by atoms with Gasteiger partial charge in [0, 0.05) is 48.9 Å². The van der Waals surface area contributed by atoms with Crippen molar-refractivity contribution < 1.29 is 18.7 Å². The number of benzene rings is 1. The molecule has 1 aliphatic carbocycles. The maximum absolute atomic E-state index is 14.2. The highest BCUT2D eigenvalue weighted by Gasteiger charge is 2.54. The van der Waals surface area contributed by atoms with Crippen molar-refractivity contribution >= 4 is 24.1 Å². The Hall–Kier alpha value is -3.50. The Bertz CT molecular complexity index is 1440. The third-order valence-electron chi connectivity index (χ3n) is 8.52. The molecule has 9 nitrogen and oxygen atoms in total. The fourth-order valence-electron chi connectivity index (χ4n) is 6.47. The molecule has 2 aromatic heterocycles. The van der Waals surface area contributed by atoms with Gasteiger partial charge in [-0.3, -0.25) is 9.78 Å². The van der Waals surface area contributed by atoms with Gasteiger partial charge in [-0.05, 0) is 77.8 Å². The number of carbonyl (C=O) groups excluding carboxylic acids is 1. The van der Waals surface area contributed by atoms with E-state index in [1.807, 2.05) is 33.0 Å². The van der Waals surface area contributed by atoms with Crippen LogP contribution in [-0.2, 0) is 6.42 Å². The molecule has 2 fully saturated rings. The third-order valence-corrected chi connectivity index (χ3v) is 8.52. The third kappa shape index (κ3) is 5.62. The van der Waals surface area contributed by atoms with Gasteiger partial charge in [-0.25, -0.2) is 14.4 Å². The Morgan fingerprint density at radius 2 is 1.98 bits per heavy atom. The van der Waals surface area contributed by atoms with Crippen LogP contribution in [0.5, 0.6) is 17.2 Å². The van der Waals surface area contributed by atoms with E-state index in [1.54, 1.807) is 11.1 Å². The number of anilines is 1. The van der Waals surface area contributed by atoms with Crippen LogP contribution in [0.2, 0.25) is 0 Å². The van der Waals surface area contributed by atoms with Crippen LogP contribution < -0.4 is 19.7 Å². The number of pyridine rings is 1. The summed E-state index contributed by atoms with van der Waals surface area (Å²) in [4.78, 5) is 30.4. The minimum atomic E-state index is -0.491. The number of aromatic nitrogens is 3. The normalized spacial score (nSPS) is 18.9. The second-order valence-corrected chi connectivity index (χ2v) is 11.7. The minimum Gasteiger partial charge on any atom is -0.490 e. The SMILES string of the molecule is CCN(C(=O)c1cc(F)ccc1Oc1cncnc1N1CC2(CC(Oc3ccnc4c3CCNC4C)C2)C1)C(C)C.Cl. The molecule has 1 amide bonds. The van der Waals surface area contributed by atoms with E-state index in [0.29, 0.717) is 18.1 Å². The predicted octanol–water partition coefficient (Wildman–Crippen LogP) is 5.35. The summed E-state index contributed by atoms with van der Waals surface area (Å²) in [5, 5.41) is 3.46. The van der Waals surface area contributed by atoms with Crippen molar-refractivity contribution in [2.45, 2.75) is 65.1 Å². The molecule has 3 aliphatic rings. The van der Waals surface area contributed by atoms with E-state index in [2.05, 4.69) is 32.1 Å². The number of ether oxygens (including phenoxy) is 2. The van der Waals surface area contributed by atoms with Crippen molar-refractivity contribution in [1.29, 1.82) is 0 Å². The number of fused-ring (bicyclic) bond motifs is 1. The van der Waals surface area contributed by atoms with Crippen molar-refractivity contribution in [3.63, 3.8) is 0 Å². The van der Waals surface area contributed by atoms with E-state index in [4.69, 9.17) is 9.47 Å². The predicted molar refractivity (Wildman–Crippen MR) is 160 cm³/mol. The summed E-state index contributed by atoms with van der Waals surface area (Å²) in [6.45, 7) is 11.0. The molecule has 4 heterocycles. The molecule has 3 aromatic rings. The molecule has 224 valence electrons. The topological polar surface area (TPSA) is 92.7 Å². The molecule has 2 aliphatic heterocycles. The fraction of sp³-hybridized carbons (Fsp3) is 0.484. The second-order valence-electron chi connectivity index (χ2n) is 11.7. The summed E-state index contributed by atoms with van der Waals surface area (Å²) in [5.74, 6) is 1.58. The highest BCUT2D eigenvalue weighted by molar-refractivity contribution is 5.97. The van der Waals surface area contributed by atoms with Crippen LogP contribution in [0.15, 0.2) is 43.0 Å². The Morgan fingerprint density at radius 1 is 1.19 bits per heavy atom. The smallest absolute Gasteiger partial charge is 0.257 e. The van der Waals surface area contributed by atoms with E-state index in [0.717, 1.165) is 50.3 Å². The van der Waals surface area contributed by atoms with Gasteiger partial charge in [0.2, 0.25) is 0 Å². The maximum atomic E-state index is 14.2. The van der Waals surface area contributed by atoms with Crippen LogP contribution in [0.25, 0.3) is 0 Å². The quantitative estimate of drug-likeness (QED) is 0.372. The van der Waals surface area contributed by atoms with Gasteiger partial charge in [-0.2, -0.15) is 0 Å². The summed E-state index contributed by atoms with van der Waals surface area (Å²) in [6, 6.07) is 6.23. The molecule has 1 spiro atoms. The monoisotopic (exact) mass is 596 g/mol. The molecular formula is C31H38ClFN6O3. The van der Waals surface area contributed by atoms with Crippen molar-refractivity contribution in [2.75, 3.05) is 31.1 Å². The number of hydrogen-bond donors (Lipinski definition) is 1. The zero-order chi connectivity index (χ0) is 28.7. The average Bonchev–Trinajstić information content (AvgIpc) is 2.91. The Labute approximate surface area is 252 Å². The lowest BCUT2D eigenvalue weighted by Crippen LogP contribution is -2.65. The van der Waals surface area contributed by atoms with E-state index in [9.17, 15) is 9.18 Å². The van der Waals surface area contributed by atoms with Gasteiger partial charge < -0.3 is 24.6 Å². The van der Waals surface area contributed by atoms with Crippen molar-refractivity contribution in [3.8, 4) is 17.2 Å². The number of nitrogens with zero attached hydrogens (tertiary/aromatic N) is 5. The fourth-order valence-corrected chi connectivity index (χ4v) is 6.47. The van der Waals surface area contributed by atoms with Crippen LogP contribution in [0.1, 0.15) is 68.2 Å². The van der Waals surface area contributed by atoms with Crippen molar-refractivity contribution in [3.05, 3.63) is 65.6 Å². The summed E-state index contributed by atoms with van der Waals surface area (Å²) in [6.07, 6.45) is 8.01. The van der Waals surface area contributed by atoms with Crippen LogP contribution in [0, 0.1) is 11.2 Å². The number of rotatable bonds is 8. The number of hydrogen-bond acceptors (Lipinski definition) is 8. The van der Waals surface area contributed by atoms with Crippen molar-refractivity contribution in [1.82, 2.24) is 25.2 Å². The summed E-state index contributed by atoms with van der Waals surface area (Å²) < 4.78 is 26.9. The maximum Gasteiger partial charge on any atom is 0.257 e. The standard InChI is InChI=1S/C31H37FN6O3.ClH/c1-5-38(19(2)3)30(39)24-12-21(32)6-7-25(24)41-27-15-33-18-36-29(27)37-16-31(17-37)13-22(14-31)40-26-9-11-35-28-20(4)34-10-8-23(26)28;/h6-7,9,11-12,15,18-20,22,34H,5,8,10,13-14,16-17H2,1-4H3;1H. The number of halogens is 2. The summed E-state index contributed by atoms with van der Waals surface area (Å²) >= 11 is 0. The summed E-state index contributed by atoms with van der Waals surface area (Å²) in [7, 11) is 0. The molecule has 1 aromatic carbocycles. The van der Waals surface area contributed by atoms with E-state index < -0.39 is 5.82 Å². The molecule has 1 atom stereocenters. The van der Waals surface area contributed by atoms with Crippen molar-refractivity contribution in [2.24, 2.45) is 5.41 Å². The molecule has 42 heavy (non-hydrogen) atoms. The highest BCUT2D eigenvalue weighted by Crippen LogP contribution is 2.52. The second kappa shape index (κ2) is 12.0. The lowest BCUT2D eigenvalue weighted by Gasteiger charge is -2.59. The molecule has 1 unspecified atom stereocenters. The minimum absolute atomic E-state index is 0. The molecule has 11 heteroatoms. The molecular weight excluding hydrogens is 559 g/mol. The molecule has 6 rings (SSSR count). The first-order valence-corrected chi connectivity index (χ1v) is 14.5. The van der Waals surface area contributed by atoms with Gasteiger partial charge in [0.15, 0.2) is 11.6 Å². The first kappa shape index (κ1) is 30.0. The Kier molecular flexibility index (Phi) is 8.57. The first-order valence-electron chi connectivity index (χ1n) is 14.5. The van der Waals surface area contributed by atoms with Crippen LogP contribution in [0.4, 0.5) is 10.2 Å². The average molecular weight is 597 g/mol. The highest BCUT2D eigenvalue weighted by atomic mass is 35.5.